The fourth-order valence-electron chi connectivity index (χ4n) is 5.03. The van der Waals surface area contributed by atoms with Crippen LogP contribution in [0, 0.1) is 0 Å². The maximum absolute atomic E-state index is 12.7. The van der Waals surface area contributed by atoms with E-state index in [4.69, 9.17) is 9.05 Å². The lowest BCUT2D eigenvalue weighted by Gasteiger charge is -2.29. The number of rotatable bonds is 32. The Morgan fingerprint density at radius 3 is 1.70 bits per heavy atom. The Hall–Kier alpha value is -0.760. The number of aliphatic hydroxyl groups excluding tert-OH is 1. The number of quaternary nitrogens is 1. The van der Waals surface area contributed by atoms with Crippen molar-refractivity contribution in [3.63, 3.8) is 0 Å². The first-order valence-electron chi connectivity index (χ1n) is 18.1. The SMILES string of the molecule is CCCCCCCCCCCCCC/C=C/[C@@H](O)[C@H](COP(=O)([O-])OCC[N+](C)(C)C)NC(=O)CCCCCCCCCC. The molecule has 0 aromatic heterocycles. The van der Waals surface area contributed by atoms with Crippen molar-refractivity contribution in [1.82, 2.24) is 5.32 Å². The van der Waals surface area contributed by atoms with Crippen LogP contribution in [0.25, 0.3) is 0 Å². The molecule has 1 amide bonds. The lowest BCUT2D eigenvalue weighted by Crippen LogP contribution is -2.45. The van der Waals surface area contributed by atoms with Crippen LogP contribution in [-0.2, 0) is 18.4 Å². The summed E-state index contributed by atoms with van der Waals surface area (Å²) in [5, 5.41) is 13.6. The molecule has 3 atom stereocenters. The van der Waals surface area contributed by atoms with Gasteiger partial charge in [0.1, 0.15) is 13.2 Å². The van der Waals surface area contributed by atoms with E-state index in [1.165, 1.54) is 96.3 Å². The summed E-state index contributed by atoms with van der Waals surface area (Å²) in [4.78, 5) is 25.0. The molecule has 0 bridgehead atoms. The molecule has 0 spiro atoms. The summed E-state index contributed by atoms with van der Waals surface area (Å²) < 4.78 is 23.0. The maximum Gasteiger partial charge on any atom is 0.268 e. The molecule has 0 saturated carbocycles. The normalized spacial score (nSPS) is 15.0. The molecular weight excluding hydrogens is 575 g/mol. The Morgan fingerprint density at radius 1 is 0.773 bits per heavy atom. The van der Waals surface area contributed by atoms with Crippen LogP contribution in [0.3, 0.4) is 0 Å². The van der Waals surface area contributed by atoms with Gasteiger partial charge in [0.05, 0.1) is 39.9 Å². The summed E-state index contributed by atoms with van der Waals surface area (Å²) in [5.74, 6) is -0.204. The number of hydrogen-bond donors (Lipinski definition) is 2. The Morgan fingerprint density at radius 2 is 1.23 bits per heavy atom. The number of unbranched alkanes of at least 4 members (excludes halogenated alkanes) is 19. The van der Waals surface area contributed by atoms with Crippen molar-refractivity contribution < 1.29 is 32.9 Å². The first-order chi connectivity index (χ1) is 21.0. The molecule has 0 aliphatic rings. The lowest BCUT2D eigenvalue weighted by atomic mass is 10.0. The van der Waals surface area contributed by atoms with Crippen LogP contribution < -0.4 is 10.2 Å². The molecule has 0 aromatic rings. The predicted molar refractivity (Wildman–Crippen MR) is 182 cm³/mol. The minimum absolute atomic E-state index is 0.00124. The largest absolute Gasteiger partial charge is 0.756 e. The molecule has 0 aromatic carbocycles. The standard InChI is InChI=1S/C35H71N2O6P/c1-6-8-10-12-14-16-17-18-19-20-21-22-24-26-28-34(38)33(32-43-44(40,41)42-31-30-37(3,4)5)36-35(39)29-27-25-23-15-13-11-9-7-2/h26,28,33-34,38H,6-25,27,29-32H2,1-5H3,(H-,36,39,40,41)/b28-26+/t33-,34+/m0/s1. The van der Waals surface area contributed by atoms with Gasteiger partial charge in [0.15, 0.2) is 0 Å². The van der Waals surface area contributed by atoms with E-state index in [0.717, 1.165) is 38.5 Å². The third-order valence-electron chi connectivity index (χ3n) is 8.00. The molecule has 0 saturated heterocycles. The molecular formula is C35H71N2O6P. The predicted octanol–water partition coefficient (Wildman–Crippen LogP) is 8.22. The van der Waals surface area contributed by atoms with Crippen molar-refractivity contribution in [3.8, 4) is 0 Å². The van der Waals surface area contributed by atoms with Gasteiger partial charge >= 0.3 is 0 Å². The van der Waals surface area contributed by atoms with E-state index in [1.807, 2.05) is 27.2 Å². The monoisotopic (exact) mass is 647 g/mol. The quantitative estimate of drug-likeness (QED) is 0.0330. The van der Waals surface area contributed by atoms with Crippen molar-refractivity contribution in [2.24, 2.45) is 0 Å². The number of carbonyl (C=O) groups excluding carboxylic acids is 1. The highest BCUT2D eigenvalue weighted by molar-refractivity contribution is 7.45. The number of carbonyl (C=O) groups is 1. The first-order valence-corrected chi connectivity index (χ1v) is 19.5. The van der Waals surface area contributed by atoms with Gasteiger partial charge in [0.2, 0.25) is 5.91 Å². The number of phosphoric ester groups is 1. The number of allylic oxidation sites excluding steroid dienone is 1. The van der Waals surface area contributed by atoms with Crippen molar-refractivity contribution in [3.05, 3.63) is 12.2 Å². The van der Waals surface area contributed by atoms with Gasteiger partial charge in [-0.2, -0.15) is 0 Å². The number of phosphoric acid groups is 1. The zero-order valence-corrected chi connectivity index (χ0v) is 30.3. The molecule has 0 heterocycles. The van der Waals surface area contributed by atoms with Crippen molar-refractivity contribution in [2.75, 3.05) is 40.9 Å². The third kappa shape index (κ3) is 29.9. The summed E-state index contributed by atoms with van der Waals surface area (Å²) in [5.41, 5.74) is 0. The van der Waals surface area contributed by atoms with Crippen LogP contribution in [0.5, 0.6) is 0 Å². The van der Waals surface area contributed by atoms with Crippen LogP contribution in [-0.4, -0.2) is 68.5 Å². The molecule has 0 aliphatic carbocycles. The molecule has 8 nitrogen and oxygen atoms in total. The van der Waals surface area contributed by atoms with Crippen LogP contribution >= 0.6 is 7.82 Å². The fourth-order valence-corrected chi connectivity index (χ4v) is 5.76. The molecule has 2 N–H and O–H groups in total. The number of amides is 1. The summed E-state index contributed by atoms with van der Waals surface area (Å²) in [6, 6.07) is -0.876. The highest BCUT2D eigenvalue weighted by atomic mass is 31.2. The molecule has 0 aliphatic heterocycles. The Labute approximate surface area is 272 Å². The average Bonchev–Trinajstić information content (AvgIpc) is 2.95. The van der Waals surface area contributed by atoms with Crippen LogP contribution in [0.1, 0.15) is 155 Å². The second-order valence-corrected chi connectivity index (χ2v) is 15.0. The van der Waals surface area contributed by atoms with Crippen molar-refractivity contribution >= 4 is 13.7 Å². The second kappa shape index (κ2) is 28.5. The average molecular weight is 647 g/mol. The van der Waals surface area contributed by atoms with Crippen LogP contribution in [0.2, 0.25) is 0 Å². The van der Waals surface area contributed by atoms with E-state index in [-0.39, 0.29) is 19.1 Å². The third-order valence-corrected chi connectivity index (χ3v) is 8.96. The number of hydrogen-bond acceptors (Lipinski definition) is 6. The highest BCUT2D eigenvalue weighted by Gasteiger charge is 2.23. The zero-order valence-electron chi connectivity index (χ0n) is 29.4. The van der Waals surface area contributed by atoms with E-state index in [9.17, 15) is 19.4 Å². The van der Waals surface area contributed by atoms with Gasteiger partial charge in [-0.3, -0.25) is 9.36 Å². The van der Waals surface area contributed by atoms with Gasteiger partial charge in [-0.15, -0.1) is 0 Å². The summed E-state index contributed by atoms with van der Waals surface area (Å²) in [6.07, 6.45) is 28.3. The summed E-state index contributed by atoms with van der Waals surface area (Å²) in [7, 11) is 1.26. The van der Waals surface area contributed by atoms with Crippen LogP contribution in [0.15, 0.2) is 12.2 Å². The molecule has 44 heavy (non-hydrogen) atoms. The van der Waals surface area contributed by atoms with Crippen molar-refractivity contribution in [1.29, 1.82) is 0 Å². The molecule has 0 radical (unpaired) electrons. The summed E-state index contributed by atoms with van der Waals surface area (Å²) in [6.45, 7) is 4.59. The number of likely N-dealkylation sites (N-methyl/N-ethyl adjacent to an activating group) is 1. The Kier molecular flexibility index (Phi) is 28.0. The van der Waals surface area contributed by atoms with Gasteiger partial charge in [0.25, 0.3) is 7.82 Å². The van der Waals surface area contributed by atoms with Crippen molar-refractivity contribution in [2.45, 2.75) is 167 Å². The number of nitrogens with zero attached hydrogens (tertiary/aromatic N) is 1. The molecule has 9 heteroatoms. The van der Waals surface area contributed by atoms with Gasteiger partial charge in [-0.1, -0.05) is 142 Å². The van der Waals surface area contributed by atoms with Crippen LogP contribution in [0.4, 0.5) is 0 Å². The summed E-state index contributed by atoms with van der Waals surface area (Å²) >= 11 is 0. The van der Waals surface area contributed by atoms with Gasteiger partial charge < -0.3 is 28.8 Å². The minimum atomic E-state index is -4.57. The number of aliphatic hydroxyl groups is 1. The highest BCUT2D eigenvalue weighted by Crippen LogP contribution is 2.38. The Bertz CT molecular complexity index is 743. The number of nitrogens with one attached hydrogen (secondary N) is 1. The zero-order chi connectivity index (χ0) is 32.9. The molecule has 262 valence electrons. The fraction of sp³-hybridized carbons (Fsp3) is 0.914. The van der Waals surface area contributed by atoms with E-state index in [2.05, 4.69) is 19.2 Å². The maximum atomic E-state index is 12.7. The van der Waals surface area contributed by atoms with Gasteiger partial charge in [-0.25, -0.2) is 0 Å². The van der Waals surface area contributed by atoms with E-state index in [1.54, 1.807) is 6.08 Å². The minimum Gasteiger partial charge on any atom is -0.756 e. The smallest absolute Gasteiger partial charge is 0.268 e. The lowest BCUT2D eigenvalue weighted by molar-refractivity contribution is -0.870. The van der Waals surface area contributed by atoms with E-state index in [0.29, 0.717) is 17.4 Å². The topological polar surface area (TPSA) is 108 Å². The second-order valence-electron chi connectivity index (χ2n) is 13.6. The molecule has 0 rings (SSSR count). The van der Waals surface area contributed by atoms with E-state index < -0.39 is 20.0 Å². The molecule has 1 unspecified atom stereocenters. The molecule has 0 fully saturated rings. The van der Waals surface area contributed by atoms with Gasteiger partial charge in [0, 0.05) is 6.42 Å². The van der Waals surface area contributed by atoms with Gasteiger partial charge in [-0.05, 0) is 19.3 Å². The van der Waals surface area contributed by atoms with E-state index >= 15 is 0 Å². The first kappa shape index (κ1) is 43.2. The Balaban J connectivity index is 4.55.